The summed E-state index contributed by atoms with van der Waals surface area (Å²) in [5.41, 5.74) is 5.64. The molecule has 4 aromatic rings. The van der Waals surface area contributed by atoms with Crippen molar-refractivity contribution in [3.05, 3.63) is 112 Å². The molecule has 0 saturated carbocycles. The van der Waals surface area contributed by atoms with E-state index in [0.29, 0.717) is 37.5 Å². The van der Waals surface area contributed by atoms with Crippen molar-refractivity contribution in [3.63, 3.8) is 0 Å². The average molecular weight is 681 g/mol. The highest BCUT2D eigenvalue weighted by Crippen LogP contribution is 2.39. The summed E-state index contributed by atoms with van der Waals surface area (Å²) >= 11 is 12.5. The molecule has 1 saturated heterocycles. The number of aliphatic hydroxyl groups is 1. The summed E-state index contributed by atoms with van der Waals surface area (Å²) in [6, 6.07) is 23.8. The molecule has 0 bridgehead atoms. The maximum atomic E-state index is 12.4. The minimum absolute atomic E-state index is 0.0170. The number of rotatable bonds is 15. The highest BCUT2D eigenvalue weighted by Gasteiger charge is 2.33. The number of nitrogens with zero attached hydrogens (tertiary/aromatic N) is 2. The molecule has 1 aliphatic heterocycles. The van der Waals surface area contributed by atoms with Crippen molar-refractivity contribution < 1.29 is 29.3 Å². The third-order valence-electron chi connectivity index (χ3n) is 8.20. The lowest BCUT2D eigenvalue weighted by atomic mass is 9.98. The maximum absolute atomic E-state index is 12.4. The number of ether oxygens (including phenoxy) is 2. The van der Waals surface area contributed by atoms with Gasteiger partial charge < -0.3 is 29.6 Å². The van der Waals surface area contributed by atoms with Crippen LogP contribution in [0.4, 0.5) is 0 Å². The molecule has 3 aromatic carbocycles. The van der Waals surface area contributed by atoms with Crippen LogP contribution >= 0.6 is 23.2 Å². The summed E-state index contributed by atoms with van der Waals surface area (Å²) in [5, 5.41) is 21.8. The Kier molecular flexibility index (Phi) is 12.4. The minimum Gasteiger partial charge on any atom is -0.481 e. The van der Waals surface area contributed by atoms with Gasteiger partial charge in [-0.3, -0.25) is 9.59 Å². The number of hydrogen-bond donors (Lipinski definition) is 3. The molecular formula is C36H39Cl2N3O6. The zero-order valence-electron chi connectivity index (χ0n) is 26.0. The summed E-state index contributed by atoms with van der Waals surface area (Å²) < 4.78 is 14.8. The van der Waals surface area contributed by atoms with Crippen LogP contribution in [0, 0.1) is 0 Å². The van der Waals surface area contributed by atoms with Crippen molar-refractivity contribution in [1.29, 1.82) is 0 Å². The quantitative estimate of drug-likeness (QED) is 0.110. The van der Waals surface area contributed by atoms with E-state index in [1.165, 1.54) is 0 Å². The van der Waals surface area contributed by atoms with Gasteiger partial charge in [-0.15, -0.1) is 0 Å². The predicted molar refractivity (Wildman–Crippen MR) is 180 cm³/mol. The van der Waals surface area contributed by atoms with E-state index in [2.05, 4.69) is 22.4 Å². The fourth-order valence-electron chi connectivity index (χ4n) is 5.65. The zero-order chi connectivity index (χ0) is 33.2. The fraction of sp³-hybridized carbons (Fsp3) is 0.361. The standard InChI is InChI=1S/C36H39Cl2N3O6/c37-34-35(38)41(23-40-34)21-30-19-31(26-15-13-24(22-42)14-16-26)47-36(46-30)29-10-6-9-28(18-29)27-8-5-7-25(17-27)20-39-32(43)11-3-1-2-4-12-33(44)45/h5-10,13-18,23,30-31,36,42H,1-4,11-12,19-22H2,(H,39,43)(H,44,45)/t30-,31+,36+/m1/s1. The second-order valence-corrected chi connectivity index (χ2v) is 12.5. The number of nitrogens with one attached hydrogen (secondary N) is 1. The molecule has 11 heteroatoms. The lowest BCUT2D eigenvalue weighted by Gasteiger charge is -2.36. The summed E-state index contributed by atoms with van der Waals surface area (Å²) in [5.74, 6) is -0.800. The van der Waals surface area contributed by atoms with E-state index >= 15 is 0 Å². The number of aliphatic carboxylic acids is 1. The molecule has 47 heavy (non-hydrogen) atoms. The number of carbonyl (C=O) groups excluding carboxylic acids is 1. The Morgan fingerprint density at radius 1 is 0.872 bits per heavy atom. The number of halogens is 2. The second-order valence-electron chi connectivity index (χ2n) is 11.7. The number of benzene rings is 3. The van der Waals surface area contributed by atoms with Crippen LogP contribution in [0.5, 0.6) is 0 Å². The molecule has 1 fully saturated rings. The van der Waals surface area contributed by atoms with Crippen molar-refractivity contribution in [3.8, 4) is 11.1 Å². The number of unbranched alkanes of at least 4 members (excludes halogenated alkanes) is 3. The maximum Gasteiger partial charge on any atom is 0.303 e. The van der Waals surface area contributed by atoms with Crippen LogP contribution in [0.25, 0.3) is 11.1 Å². The first kappa shape index (κ1) is 34.6. The van der Waals surface area contributed by atoms with Gasteiger partial charge in [-0.2, -0.15) is 0 Å². The Bertz CT molecular complexity index is 1640. The third-order valence-corrected chi connectivity index (χ3v) is 8.97. The molecule has 0 aliphatic carbocycles. The first-order valence-corrected chi connectivity index (χ1v) is 16.6. The van der Waals surface area contributed by atoms with Crippen LogP contribution in [0.2, 0.25) is 10.3 Å². The van der Waals surface area contributed by atoms with Crippen LogP contribution < -0.4 is 5.32 Å². The summed E-state index contributed by atoms with van der Waals surface area (Å²) in [7, 11) is 0. The Balaban J connectivity index is 1.26. The van der Waals surface area contributed by atoms with E-state index in [9.17, 15) is 14.7 Å². The molecule has 0 spiro atoms. The Labute approximate surface area is 284 Å². The topological polar surface area (TPSA) is 123 Å². The van der Waals surface area contributed by atoms with Gasteiger partial charge in [0, 0.05) is 31.4 Å². The van der Waals surface area contributed by atoms with Gasteiger partial charge in [0.1, 0.15) is 5.15 Å². The smallest absolute Gasteiger partial charge is 0.303 e. The van der Waals surface area contributed by atoms with Crippen LogP contribution in [0.15, 0.2) is 79.1 Å². The van der Waals surface area contributed by atoms with Gasteiger partial charge in [-0.25, -0.2) is 4.98 Å². The molecule has 0 unspecified atom stereocenters. The van der Waals surface area contributed by atoms with E-state index in [1.807, 2.05) is 60.7 Å². The van der Waals surface area contributed by atoms with Crippen LogP contribution in [0.1, 0.15) is 79.6 Å². The van der Waals surface area contributed by atoms with E-state index in [1.54, 1.807) is 10.9 Å². The molecule has 3 N–H and O–H groups in total. The van der Waals surface area contributed by atoms with E-state index in [4.69, 9.17) is 37.8 Å². The lowest BCUT2D eigenvalue weighted by molar-refractivity contribution is -0.252. The first-order chi connectivity index (χ1) is 22.8. The van der Waals surface area contributed by atoms with Crippen molar-refractivity contribution in [1.82, 2.24) is 14.9 Å². The number of carboxylic acids is 1. The number of carboxylic acid groups (broad SMARTS) is 1. The largest absolute Gasteiger partial charge is 0.481 e. The highest BCUT2D eigenvalue weighted by molar-refractivity contribution is 6.40. The van der Waals surface area contributed by atoms with Crippen molar-refractivity contribution in [2.45, 2.75) is 83.1 Å². The molecule has 1 amide bonds. The normalized spacial score (nSPS) is 17.8. The highest BCUT2D eigenvalue weighted by atomic mass is 35.5. The Morgan fingerprint density at radius 2 is 1.60 bits per heavy atom. The number of imidazole rings is 1. The molecule has 0 radical (unpaired) electrons. The first-order valence-electron chi connectivity index (χ1n) is 15.8. The Morgan fingerprint density at radius 3 is 2.30 bits per heavy atom. The SMILES string of the molecule is O=C(O)CCCCCCC(=O)NCc1cccc(-c2cccc([C@H]3O[C@@H](Cn4cnc(Cl)c4Cl)C[C@@H](c4ccc(CO)cc4)O3)c2)c1. The predicted octanol–water partition coefficient (Wildman–Crippen LogP) is 7.64. The number of carbonyl (C=O) groups is 2. The molecule has 248 valence electrons. The third kappa shape index (κ3) is 9.89. The van der Waals surface area contributed by atoms with Crippen molar-refractivity contribution >= 4 is 35.1 Å². The molecule has 3 atom stereocenters. The van der Waals surface area contributed by atoms with E-state index < -0.39 is 12.3 Å². The number of hydrogen-bond acceptors (Lipinski definition) is 6. The zero-order valence-corrected chi connectivity index (χ0v) is 27.5. The van der Waals surface area contributed by atoms with E-state index in [0.717, 1.165) is 52.6 Å². The second kappa shape index (κ2) is 16.9. The van der Waals surface area contributed by atoms with Gasteiger partial charge in [0.25, 0.3) is 0 Å². The van der Waals surface area contributed by atoms with Gasteiger partial charge in [0.2, 0.25) is 5.91 Å². The average Bonchev–Trinajstić information content (AvgIpc) is 3.41. The van der Waals surface area contributed by atoms with Crippen LogP contribution in [0.3, 0.4) is 0 Å². The summed E-state index contributed by atoms with van der Waals surface area (Å²) in [6.45, 7) is 0.833. The fourth-order valence-corrected chi connectivity index (χ4v) is 5.97. The van der Waals surface area contributed by atoms with Crippen LogP contribution in [-0.2, 0) is 38.8 Å². The van der Waals surface area contributed by atoms with Gasteiger partial charge in [0.15, 0.2) is 11.4 Å². The van der Waals surface area contributed by atoms with E-state index in [-0.39, 0.29) is 36.3 Å². The van der Waals surface area contributed by atoms with Crippen molar-refractivity contribution in [2.24, 2.45) is 0 Å². The Hall–Kier alpha value is -3.73. The summed E-state index contributed by atoms with van der Waals surface area (Å²) in [4.78, 5) is 27.1. The van der Waals surface area contributed by atoms with Gasteiger partial charge in [-0.05, 0) is 52.8 Å². The minimum atomic E-state index is -0.783. The van der Waals surface area contributed by atoms with Gasteiger partial charge >= 0.3 is 5.97 Å². The van der Waals surface area contributed by atoms with Crippen molar-refractivity contribution in [2.75, 3.05) is 0 Å². The van der Waals surface area contributed by atoms with Crippen LogP contribution in [-0.4, -0.2) is 37.7 Å². The summed E-state index contributed by atoms with van der Waals surface area (Å²) in [6.07, 6.45) is 4.64. The number of amides is 1. The lowest BCUT2D eigenvalue weighted by Crippen LogP contribution is -2.32. The molecular weight excluding hydrogens is 641 g/mol. The number of aliphatic hydroxyl groups excluding tert-OH is 1. The van der Waals surface area contributed by atoms with Gasteiger partial charge in [-0.1, -0.05) is 96.7 Å². The number of aromatic nitrogens is 2. The molecule has 2 heterocycles. The molecule has 1 aliphatic rings. The molecule has 5 rings (SSSR count). The molecule has 9 nitrogen and oxygen atoms in total. The molecule has 1 aromatic heterocycles. The van der Waals surface area contributed by atoms with Gasteiger partial charge in [0.05, 0.1) is 31.7 Å². The monoisotopic (exact) mass is 679 g/mol.